The molecule has 7 nitrogen and oxygen atoms in total. The zero-order valence-electron chi connectivity index (χ0n) is 16.7. The molecule has 1 aromatic carbocycles. The van der Waals surface area contributed by atoms with Crippen LogP contribution < -0.4 is 74.1 Å². The number of carboxylic acid groups (broad SMARTS) is 2. The fourth-order valence-electron chi connectivity index (χ4n) is 2.58. The molecule has 0 saturated carbocycles. The summed E-state index contributed by atoms with van der Waals surface area (Å²) in [6.07, 6.45) is 5.17. The summed E-state index contributed by atoms with van der Waals surface area (Å²) in [6, 6.07) is 6.82. The zero-order chi connectivity index (χ0) is 19.1. The van der Waals surface area contributed by atoms with Crippen molar-refractivity contribution in [1.82, 2.24) is 9.55 Å². The van der Waals surface area contributed by atoms with E-state index in [4.69, 9.17) is 4.74 Å². The topological polar surface area (TPSA) is 107 Å². The van der Waals surface area contributed by atoms with Crippen LogP contribution in [0.1, 0.15) is 19.4 Å². The van der Waals surface area contributed by atoms with E-state index in [0.29, 0.717) is 24.5 Å². The third kappa shape index (κ3) is 8.11. The number of carbonyl (C=O) groups excluding carboxylic acids is 2. The first kappa shape index (κ1) is 26.9. The number of ether oxygens (including phenoxy) is 1. The molecule has 138 valence electrons. The maximum Gasteiger partial charge on any atom is 1.00 e. The summed E-state index contributed by atoms with van der Waals surface area (Å²) < 4.78 is 7.50. The van der Waals surface area contributed by atoms with E-state index < -0.39 is 17.9 Å². The van der Waals surface area contributed by atoms with E-state index in [9.17, 15) is 19.8 Å². The number of aromatic nitrogens is 2. The fourth-order valence-corrected chi connectivity index (χ4v) is 2.58. The van der Waals surface area contributed by atoms with Crippen LogP contribution >= 0.6 is 0 Å². The zero-order valence-corrected chi connectivity index (χ0v) is 20.7. The third-order valence-corrected chi connectivity index (χ3v) is 3.85. The number of benzene rings is 1. The van der Waals surface area contributed by atoms with Gasteiger partial charge in [0.25, 0.3) is 0 Å². The quantitative estimate of drug-likeness (QED) is 0.305. The van der Waals surface area contributed by atoms with Crippen LogP contribution in [0.25, 0.3) is 0 Å². The molecule has 2 aromatic rings. The van der Waals surface area contributed by atoms with E-state index in [2.05, 4.69) is 4.98 Å². The Hall–Kier alpha value is -1.09. The van der Waals surface area contributed by atoms with Crippen LogP contribution in [0.3, 0.4) is 0 Å². The minimum atomic E-state index is -1.50. The molecule has 28 heavy (non-hydrogen) atoms. The molecule has 0 spiro atoms. The van der Waals surface area contributed by atoms with Crippen LogP contribution in [0.5, 0.6) is 5.75 Å². The molecule has 9 heteroatoms. The molecule has 0 saturated heterocycles. The number of hydrogen-bond donors (Lipinski definition) is 0. The van der Waals surface area contributed by atoms with Crippen LogP contribution in [-0.2, 0) is 22.6 Å². The first-order valence-corrected chi connectivity index (χ1v) is 8.21. The first-order valence-electron chi connectivity index (χ1n) is 8.21. The van der Waals surface area contributed by atoms with E-state index in [1.165, 1.54) is 0 Å². The maximum atomic E-state index is 11.4. The summed E-state index contributed by atoms with van der Waals surface area (Å²) >= 11 is 0. The Morgan fingerprint density at radius 2 is 1.75 bits per heavy atom. The third-order valence-electron chi connectivity index (χ3n) is 3.85. The second kappa shape index (κ2) is 13.2. The van der Waals surface area contributed by atoms with Crippen molar-refractivity contribution in [2.24, 2.45) is 5.92 Å². The van der Waals surface area contributed by atoms with Gasteiger partial charge in [0.2, 0.25) is 0 Å². The van der Waals surface area contributed by atoms with Gasteiger partial charge in [0.05, 0.1) is 24.8 Å². The Balaban J connectivity index is 0.00000364. The van der Waals surface area contributed by atoms with Gasteiger partial charge < -0.3 is 29.1 Å². The smallest absolute Gasteiger partial charge is 0.545 e. The molecule has 0 aliphatic rings. The summed E-state index contributed by atoms with van der Waals surface area (Å²) in [5, 5.41) is 22.6. The second-order valence-corrected chi connectivity index (χ2v) is 6.09. The van der Waals surface area contributed by atoms with Crippen molar-refractivity contribution >= 4 is 11.9 Å². The van der Waals surface area contributed by atoms with Gasteiger partial charge in [-0.25, -0.2) is 4.98 Å². The van der Waals surface area contributed by atoms with Crippen molar-refractivity contribution < 1.29 is 83.7 Å². The second-order valence-electron chi connectivity index (χ2n) is 6.09. The van der Waals surface area contributed by atoms with Crippen LogP contribution in [0.15, 0.2) is 54.1 Å². The molecule has 0 amide bonds. The molecule has 0 bridgehead atoms. The Kier molecular flexibility index (Phi) is 12.7. The molecule has 0 atom stereocenters. The Morgan fingerprint density at radius 1 is 1.11 bits per heavy atom. The number of carboxylic acids is 2. The summed E-state index contributed by atoms with van der Waals surface area (Å²) in [7, 11) is 0. The van der Waals surface area contributed by atoms with E-state index in [-0.39, 0.29) is 76.7 Å². The minimum Gasteiger partial charge on any atom is -0.545 e. The maximum absolute atomic E-state index is 11.4. The average molecular weight is 402 g/mol. The van der Waals surface area contributed by atoms with Gasteiger partial charge in [0.1, 0.15) is 12.4 Å². The largest absolute Gasteiger partial charge is 1.00 e. The van der Waals surface area contributed by atoms with Gasteiger partial charge in [-0.15, -0.1) is 0 Å². The molecule has 0 fully saturated rings. The molecule has 0 unspecified atom stereocenters. The minimum absolute atomic E-state index is 0. The first-order chi connectivity index (χ1) is 12.4. The monoisotopic (exact) mass is 402 g/mol. The van der Waals surface area contributed by atoms with E-state index >= 15 is 0 Å². The van der Waals surface area contributed by atoms with Crippen LogP contribution in [-0.4, -0.2) is 28.1 Å². The Labute approximate surface area is 208 Å². The number of carbonyl (C=O) groups is 2. The van der Waals surface area contributed by atoms with Crippen molar-refractivity contribution in [3.8, 4) is 5.75 Å². The molecule has 0 aliphatic heterocycles. The molecule has 0 aliphatic carbocycles. The summed E-state index contributed by atoms with van der Waals surface area (Å²) in [5.74, 6) is -2.84. The van der Waals surface area contributed by atoms with Gasteiger partial charge in [-0.2, -0.15) is 0 Å². The van der Waals surface area contributed by atoms with Gasteiger partial charge in [0.15, 0.2) is 0 Å². The standard InChI is InChI=1S/C19H22N2O5.2Na/c1-13(2)17(19(24)25)16(18(22)23)11-14-3-5-15(6-4-14)26-10-9-21-8-7-20-12-21;;/h3-8,12-13H,9-11H2,1-2H3,(H,22,23)(H,24,25);;/q;2*+1/p-2. The number of rotatable bonds is 9. The SMILES string of the molecule is CC(C)C(C(=O)[O-])=C(Cc1ccc(OCCn2ccnc2)cc1)C(=O)[O-].[Na+].[Na+]. The van der Waals surface area contributed by atoms with Crippen molar-refractivity contribution in [2.75, 3.05) is 6.61 Å². The number of aliphatic carboxylic acids is 2. The van der Waals surface area contributed by atoms with Crippen LogP contribution in [0, 0.1) is 5.92 Å². The van der Waals surface area contributed by atoms with Gasteiger partial charge in [0, 0.05) is 12.4 Å². The molecule has 2 rings (SSSR count). The van der Waals surface area contributed by atoms with E-state index in [1.807, 2.05) is 10.8 Å². The average Bonchev–Trinajstić information content (AvgIpc) is 3.08. The van der Waals surface area contributed by atoms with Crippen LogP contribution in [0.2, 0.25) is 0 Å². The van der Waals surface area contributed by atoms with Crippen molar-refractivity contribution in [3.63, 3.8) is 0 Å². The predicted molar refractivity (Wildman–Crippen MR) is 89.7 cm³/mol. The predicted octanol–water partition coefficient (Wildman–Crippen LogP) is -6.04. The summed E-state index contributed by atoms with van der Waals surface area (Å²) in [4.78, 5) is 26.6. The van der Waals surface area contributed by atoms with Gasteiger partial charge in [-0.05, 0) is 41.2 Å². The Bertz CT molecular complexity index is 787. The normalized spacial score (nSPS) is 11.1. The molecule has 1 aromatic heterocycles. The van der Waals surface area contributed by atoms with Crippen LogP contribution in [0.4, 0.5) is 0 Å². The van der Waals surface area contributed by atoms with Crippen molar-refractivity contribution in [2.45, 2.75) is 26.8 Å². The molecule has 1 heterocycles. The number of imidazole rings is 1. The van der Waals surface area contributed by atoms with Gasteiger partial charge in [-0.1, -0.05) is 26.0 Å². The molecular weight excluding hydrogens is 382 g/mol. The number of nitrogens with zero attached hydrogens (tertiary/aromatic N) is 2. The Morgan fingerprint density at radius 3 is 2.21 bits per heavy atom. The van der Waals surface area contributed by atoms with Gasteiger partial charge in [-0.3, -0.25) is 0 Å². The summed E-state index contributed by atoms with van der Waals surface area (Å²) in [6.45, 7) is 4.32. The van der Waals surface area contributed by atoms with Crippen molar-refractivity contribution in [1.29, 1.82) is 0 Å². The van der Waals surface area contributed by atoms with E-state index in [1.54, 1.807) is 50.6 Å². The van der Waals surface area contributed by atoms with Crippen molar-refractivity contribution in [3.05, 3.63) is 59.7 Å². The molecular formula is C19H20N2Na2O5. The fraction of sp³-hybridized carbons (Fsp3) is 0.316. The molecule has 0 radical (unpaired) electrons. The summed E-state index contributed by atoms with van der Waals surface area (Å²) in [5.41, 5.74) is 0.130. The number of hydrogen-bond acceptors (Lipinski definition) is 6. The van der Waals surface area contributed by atoms with Gasteiger partial charge >= 0.3 is 59.1 Å². The molecule has 0 N–H and O–H groups in total. The van der Waals surface area contributed by atoms with E-state index in [0.717, 1.165) is 0 Å².